The summed E-state index contributed by atoms with van der Waals surface area (Å²) in [5.74, 6) is -0.336. The van der Waals surface area contributed by atoms with Crippen LogP contribution in [0.15, 0.2) is 50.5 Å². The normalized spacial score (nSPS) is 12.1. The molecular weight excluding hydrogens is 412 g/mol. The van der Waals surface area contributed by atoms with E-state index in [-0.39, 0.29) is 39.9 Å². The highest BCUT2D eigenvalue weighted by atomic mass is 32.2. The molecule has 0 bridgehead atoms. The Morgan fingerprint density at radius 3 is 2.59 bits per heavy atom. The Hall–Kier alpha value is -2.99. The number of nitrogens with zero attached hydrogens (tertiary/aromatic N) is 3. The lowest BCUT2D eigenvalue weighted by atomic mass is 10.4. The van der Waals surface area contributed by atoms with Crippen LogP contribution in [0.3, 0.4) is 0 Å². The molecular formula is C17H17F2N3O6S. The van der Waals surface area contributed by atoms with Crippen molar-refractivity contribution < 1.29 is 35.6 Å². The van der Waals surface area contributed by atoms with Crippen molar-refractivity contribution in [3.05, 3.63) is 59.7 Å². The van der Waals surface area contributed by atoms with Crippen LogP contribution in [0.25, 0.3) is 0 Å². The van der Waals surface area contributed by atoms with Gasteiger partial charge in [-0.1, -0.05) is 0 Å². The maximum Gasteiger partial charge on any atom is 0.373 e. The average molecular weight is 429 g/mol. The zero-order valence-corrected chi connectivity index (χ0v) is 16.2. The summed E-state index contributed by atoms with van der Waals surface area (Å²) in [6.45, 7) is -2.13. The van der Waals surface area contributed by atoms with Crippen LogP contribution in [-0.4, -0.2) is 35.6 Å². The Kier molecular flexibility index (Phi) is 5.84. The molecule has 3 rings (SSSR count). The van der Waals surface area contributed by atoms with Crippen LogP contribution >= 0.6 is 0 Å². The minimum absolute atomic E-state index is 0.0792. The van der Waals surface area contributed by atoms with Crippen molar-refractivity contribution in [2.45, 2.75) is 31.5 Å². The standard InChI is InChI=1S/C17H17F2N3O6S/c1-11-15(10-22(20-11)17(18)19)29(24,25)21(8-12-4-3-7-27-12)9-13-5-6-14(28-13)16(23)26-2/h3-7,10,17H,8-9H2,1-2H3. The van der Waals surface area contributed by atoms with Crippen LogP contribution in [0.4, 0.5) is 8.78 Å². The summed E-state index contributed by atoms with van der Waals surface area (Å²) in [5, 5.41) is 3.55. The second-order valence-corrected chi connectivity index (χ2v) is 7.85. The summed E-state index contributed by atoms with van der Waals surface area (Å²) >= 11 is 0. The molecule has 3 heterocycles. The number of carbonyl (C=O) groups excluding carboxylic acids is 1. The van der Waals surface area contributed by atoms with Crippen molar-refractivity contribution in [2.24, 2.45) is 0 Å². The Labute approximate surface area is 164 Å². The molecule has 156 valence electrons. The van der Waals surface area contributed by atoms with E-state index in [0.717, 1.165) is 10.5 Å². The molecule has 3 aromatic rings. The largest absolute Gasteiger partial charge is 0.468 e. The highest BCUT2D eigenvalue weighted by Crippen LogP contribution is 2.25. The number of sulfonamides is 1. The van der Waals surface area contributed by atoms with Crippen molar-refractivity contribution in [3.8, 4) is 0 Å². The van der Waals surface area contributed by atoms with Crippen molar-refractivity contribution in [3.63, 3.8) is 0 Å². The SMILES string of the molecule is COC(=O)c1ccc(CN(Cc2ccco2)S(=O)(=O)c2cn(C(F)F)nc2C)o1. The zero-order chi connectivity index (χ0) is 21.2. The third-order valence-electron chi connectivity index (χ3n) is 3.98. The van der Waals surface area contributed by atoms with Crippen LogP contribution in [0.5, 0.6) is 0 Å². The van der Waals surface area contributed by atoms with Gasteiger partial charge < -0.3 is 13.6 Å². The second-order valence-electron chi connectivity index (χ2n) is 5.95. The van der Waals surface area contributed by atoms with Crippen LogP contribution in [0.1, 0.15) is 34.3 Å². The maximum atomic E-state index is 13.2. The Bertz CT molecular complexity index is 1090. The molecule has 0 spiro atoms. The number of ether oxygens (including phenoxy) is 1. The molecule has 0 aliphatic heterocycles. The Morgan fingerprint density at radius 1 is 1.28 bits per heavy atom. The van der Waals surface area contributed by atoms with Gasteiger partial charge in [0.15, 0.2) is 0 Å². The van der Waals surface area contributed by atoms with Gasteiger partial charge in [0, 0.05) is 0 Å². The van der Waals surface area contributed by atoms with Gasteiger partial charge in [0.1, 0.15) is 16.4 Å². The summed E-state index contributed by atoms with van der Waals surface area (Å²) < 4.78 is 68.6. The van der Waals surface area contributed by atoms with E-state index in [1.54, 1.807) is 12.1 Å². The molecule has 0 unspecified atom stereocenters. The summed E-state index contributed by atoms with van der Waals surface area (Å²) in [7, 11) is -3.07. The second kappa shape index (κ2) is 8.17. The zero-order valence-electron chi connectivity index (χ0n) is 15.4. The minimum Gasteiger partial charge on any atom is -0.468 e. The van der Waals surface area contributed by atoms with E-state index in [9.17, 15) is 22.0 Å². The molecule has 29 heavy (non-hydrogen) atoms. The van der Waals surface area contributed by atoms with Gasteiger partial charge in [0.25, 0.3) is 0 Å². The molecule has 0 fully saturated rings. The number of hydrogen-bond donors (Lipinski definition) is 0. The quantitative estimate of drug-likeness (QED) is 0.507. The first-order valence-electron chi connectivity index (χ1n) is 8.26. The monoisotopic (exact) mass is 429 g/mol. The predicted molar refractivity (Wildman–Crippen MR) is 93.4 cm³/mol. The third kappa shape index (κ3) is 4.38. The number of carbonyl (C=O) groups is 1. The summed E-state index contributed by atoms with van der Waals surface area (Å²) in [6.07, 6.45) is 2.15. The van der Waals surface area contributed by atoms with E-state index in [0.29, 0.717) is 5.76 Å². The first kappa shape index (κ1) is 20.7. The topological polar surface area (TPSA) is 108 Å². The molecule has 0 radical (unpaired) electrons. The lowest BCUT2D eigenvalue weighted by molar-refractivity contribution is 0.0556. The molecule has 0 amide bonds. The highest BCUT2D eigenvalue weighted by Gasteiger charge is 2.31. The third-order valence-corrected chi connectivity index (χ3v) is 5.88. The van der Waals surface area contributed by atoms with Crippen molar-refractivity contribution >= 4 is 16.0 Å². The van der Waals surface area contributed by atoms with Gasteiger partial charge in [-0.05, 0) is 31.2 Å². The van der Waals surface area contributed by atoms with Crippen LogP contribution in [0.2, 0.25) is 0 Å². The van der Waals surface area contributed by atoms with Gasteiger partial charge in [-0.2, -0.15) is 18.2 Å². The van der Waals surface area contributed by atoms with Gasteiger partial charge in [0.2, 0.25) is 15.8 Å². The number of halogens is 2. The molecule has 0 saturated carbocycles. The molecule has 12 heteroatoms. The smallest absolute Gasteiger partial charge is 0.373 e. The number of aryl methyl sites for hydroxylation is 1. The van der Waals surface area contributed by atoms with Gasteiger partial charge >= 0.3 is 12.5 Å². The number of methoxy groups -OCH3 is 1. The van der Waals surface area contributed by atoms with Gasteiger partial charge in [-0.15, -0.1) is 0 Å². The summed E-state index contributed by atoms with van der Waals surface area (Å²) in [4.78, 5) is 11.2. The number of rotatable bonds is 8. The van der Waals surface area contributed by atoms with Gasteiger partial charge in [-0.3, -0.25) is 0 Å². The molecule has 3 aromatic heterocycles. The molecule has 0 N–H and O–H groups in total. The summed E-state index contributed by atoms with van der Waals surface area (Å²) in [6, 6.07) is 5.92. The molecule has 9 nitrogen and oxygen atoms in total. The van der Waals surface area contributed by atoms with E-state index in [1.807, 2.05) is 0 Å². The highest BCUT2D eigenvalue weighted by molar-refractivity contribution is 7.89. The van der Waals surface area contributed by atoms with E-state index in [2.05, 4.69) is 9.84 Å². The Morgan fingerprint density at radius 2 is 2.00 bits per heavy atom. The maximum absolute atomic E-state index is 13.2. The van der Waals surface area contributed by atoms with Crippen molar-refractivity contribution in [1.29, 1.82) is 0 Å². The number of alkyl halides is 2. The van der Waals surface area contributed by atoms with Gasteiger partial charge in [-0.25, -0.2) is 17.9 Å². The Balaban J connectivity index is 1.96. The van der Waals surface area contributed by atoms with Crippen molar-refractivity contribution in [2.75, 3.05) is 7.11 Å². The van der Waals surface area contributed by atoms with Crippen LogP contribution in [-0.2, 0) is 27.8 Å². The summed E-state index contributed by atoms with van der Waals surface area (Å²) in [5.41, 5.74) is -0.0792. The van der Waals surface area contributed by atoms with E-state index >= 15 is 0 Å². The molecule has 0 aliphatic rings. The number of furan rings is 2. The van der Waals surface area contributed by atoms with Crippen LogP contribution < -0.4 is 0 Å². The number of aromatic nitrogens is 2. The van der Waals surface area contributed by atoms with Gasteiger partial charge in [0.05, 0.1) is 38.4 Å². The van der Waals surface area contributed by atoms with E-state index in [4.69, 9.17) is 8.83 Å². The molecule has 0 atom stereocenters. The minimum atomic E-state index is -4.25. The van der Waals surface area contributed by atoms with Crippen LogP contribution in [0, 0.1) is 6.92 Å². The molecule has 0 saturated heterocycles. The first-order valence-corrected chi connectivity index (χ1v) is 9.70. The lowest BCUT2D eigenvalue weighted by Gasteiger charge is -2.19. The van der Waals surface area contributed by atoms with E-state index in [1.165, 1.54) is 32.4 Å². The molecule has 0 aromatic carbocycles. The molecule has 0 aliphatic carbocycles. The lowest BCUT2D eigenvalue weighted by Crippen LogP contribution is -2.30. The first-order chi connectivity index (χ1) is 13.7. The fourth-order valence-electron chi connectivity index (χ4n) is 2.61. The number of esters is 1. The average Bonchev–Trinajstić information content (AvgIpc) is 3.41. The van der Waals surface area contributed by atoms with E-state index < -0.39 is 22.5 Å². The fraction of sp³-hybridized carbons (Fsp3) is 0.294. The predicted octanol–water partition coefficient (Wildman–Crippen LogP) is 2.95. The number of hydrogen-bond acceptors (Lipinski definition) is 7. The fourth-order valence-corrected chi connectivity index (χ4v) is 4.13. The van der Waals surface area contributed by atoms with Crippen molar-refractivity contribution in [1.82, 2.24) is 14.1 Å².